The van der Waals surface area contributed by atoms with Crippen molar-refractivity contribution in [2.75, 3.05) is 0 Å². The van der Waals surface area contributed by atoms with Gasteiger partial charge in [-0.05, 0) is 32.6 Å². The SMILES string of the molecule is CC(C)C(=O)[C@H](C)NC(=O)OC1CCCCC1. The number of nitrogens with one attached hydrogen (secondary N) is 1. The van der Waals surface area contributed by atoms with Crippen molar-refractivity contribution in [2.24, 2.45) is 5.92 Å². The van der Waals surface area contributed by atoms with E-state index in [1.165, 1.54) is 6.42 Å². The first-order chi connectivity index (χ1) is 8.00. The molecule has 0 bridgehead atoms. The Morgan fingerprint density at radius 2 is 1.71 bits per heavy atom. The summed E-state index contributed by atoms with van der Waals surface area (Å²) in [7, 11) is 0. The third-order valence-corrected chi connectivity index (χ3v) is 3.16. The maximum Gasteiger partial charge on any atom is 0.407 e. The van der Waals surface area contributed by atoms with Gasteiger partial charge in [0.25, 0.3) is 0 Å². The fraction of sp³-hybridized carbons (Fsp3) is 0.846. The van der Waals surface area contributed by atoms with E-state index in [-0.39, 0.29) is 17.8 Å². The zero-order valence-corrected chi connectivity index (χ0v) is 11.0. The molecule has 0 spiro atoms. The van der Waals surface area contributed by atoms with Crippen LogP contribution in [0.25, 0.3) is 0 Å². The van der Waals surface area contributed by atoms with Gasteiger partial charge < -0.3 is 10.1 Å². The van der Waals surface area contributed by atoms with Crippen molar-refractivity contribution >= 4 is 11.9 Å². The largest absolute Gasteiger partial charge is 0.446 e. The summed E-state index contributed by atoms with van der Waals surface area (Å²) in [5.41, 5.74) is 0. The smallest absolute Gasteiger partial charge is 0.407 e. The molecule has 0 saturated heterocycles. The number of carbonyl (C=O) groups is 2. The number of Topliss-reactive ketones (excluding diaryl/α,β-unsaturated/α-hetero) is 1. The van der Waals surface area contributed by atoms with E-state index in [1.807, 2.05) is 13.8 Å². The Bertz CT molecular complexity index is 270. The standard InChI is InChI=1S/C13H23NO3/c1-9(2)12(15)10(3)14-13(16)17-11-7-5-4-6-8-11/h9-11H,4-8H2,1-3H3,(H,14,16)/t10-/m0/s1. The molecule has 1 fully saturated rings. The Balaban J connectivity index is 2.30. The monoisotopic (exact) mass is 241 g/mol. The number of hydrogen-bond acceptors (Lipinski definition) is 3. The van der Waals surface area contributed by atoms with Gasteiger partial charge in [-0.2, -0.15) is 0 Å². The molecule has 0 radical (unpaired) electrons. The van der Waals surface area contributed by atoms with Crippen LogP contribution in [0.3, 0.4) is 0 Å². The predicted molar refractivity (Wildman–Crippen MR) is 65.8 cm³/mol. The summed E-state index contributed by atoms with van der Waals surface area (Å²) in [4.78, 5) is 23.2. The second-order valence-corrected chi connectivity index (χ2v) is 5.09. The molecule has 17 heavy (non-hydrogen) atoms. The number of carbonyl (C=O) groups excluding carboxylic acids is 2. The van der Waals surface area contributed by atoms with E-state index in [2.05, 4.69) is 5.32 Å². The third kappa shape index (κ3) is 4.75. The van der Waals surface area contributed by atoms with Crippen LogP contribution < -0.4 is 5.32 Å². The summed E-state index contributed by atoms with van der Waals surface area (Å²) in [6, 6.07) is -0.467. The zero-order chi connectivity index (χ0) is 12.8. The molecule has 0 aliphatic heterocycles. The normalized spacial score (nSPS) is 18.8. The van der Waals surface area contributed by atoms with Gasteiger partial charge in [-0.25, -0.2) is 4.79 Å². The Morgan fingerprint density at radius 3 is 2.24 bits per heavy atom. The quantitative estimate of drug-likeness (QED) is 0.823. The second kappa shape index (κ2) is 6.62. The van der Waals surface area contributed by atoms with Gasteiger partial charge in [-0.3, -0.25) is 4.79 Å². The molecule has 1 rings (SSSR count). The van der Waals surface area contributed by atoms with Crippen LogP contribution in [-0.2, 0) is 9.53 Å². The lowest BCUT2D eigenvalue weighted by molar-refractivity contribution is -0.123. The van der Waals surface area contributed by atoms with Crippen molar-refractivity contribution in [3.05, 3.63) is 0 Å². The first-order valence-electron chi connectivity index (χ1n) is 6.51. The molecule has 1 saturated carbocycles. The molecule has 1 aliphatic carbocycles. The van der Waals surface area contributed by atoms with Crippen molar-refractivity contribution in [1.29, 1.82) is 0 Å². The molecule has 0 unspecified atom stereocenters. The molecule has 1 atom stereocenters. The minimum Gasteiger partial charge on any atom is -0.446 e. The molecule has 1 aliphatic rings. The third-order valence-electron chi connectivity index (χ3n) is 3.16. The van der Waals surface area contributed by atoms with E-state index in [0.717, 1.165) is 25.7 Å². The van der Waals surface area contributed by atoms with Crippen LogP contribution in [0, 0.1) is 5.92 Å². The van der Waals surface area contributed by atoms with Gasteiger partial charge in [0.1, 0.15) is 6.10 Å². The Morgan fingerprint density at radius 1 is 1.12 bits per heavy atom. The number of rotatable bonds is 4. The molecular weight excluding hydrogens is 218 g/mol. The number of hydrogen-bond donors (Lipinski definition) is 1. The molecular formula is C13H23NO3. The highest BCUT2D eigenvalue weighted by Gasteiger charge is 2.22. The summed E-state index contributed by atoms with van der Waals surface area (Å²) < 4.78 is 5.29. The van der Waals surface area contributed by atoms with Gasteiger partial charge in [0.2, 0.25) is 0 Å². The summed E-state index contributed by atoms with van der Waals surface area (Å²) >= 11 is 0. The van der Waals surface area contributed by atoms with E-state index in [4.69, 9.17) is 4.74 Å². The van der Waals surface area contributed by atoms with E-state index in [0.29, 0.717) is 0 Å². The Labute approximate surface area is 103 Å². The first kappa shape index (κ1) is 14.0. The van der Waals surface area contributed by atoms with Crippen LogP contribution in [0.2, 0.25) is 0 Å². The van der Waals surface area contributed by atoms with E-state index < -0.39 is 12.1 Å². The highest BCUT2D eigenvalue weighted by molar-refractivity contribution is 5.88. The van der Waals surface area contributed by atoms with Crippen LogP contribution >= 0.6 is 0 Å². The highest BCUT2D eigenvalue weighted by Crippen LogP contribution is 2.20. The average Bonchev–Trinajstić information content (AvgIpc) is 2.28. The zero-order valence-electron chi connectivity index (χ0n) is 11.0. The van der Waals surface area contributed by atoms with Gasteiger partial charge in [-0.15, -0.1) is 0 Å². The van der Waals surface area contributed by atoms with Crippen molar-refractivity contribution in [3.63, 3.8) is 0 Å². The summed E-state index contributed by atoms with van der Waals surface area (Å²) in [6.07, 6.45) is 4.93. The van der Waals surface area contributed by atoms with Gasteiger partial charge in [0.05, 0.1) is 6.04 Å². The van der Waals surface area contributed by atoms with E-state index in [1.54, 1.807) is 6.92 Å². The number of ketones is 1. The van der Waals surface area contributed by atoms with Crippen LogP contribution in [-0.4, -0.2) is 24.0 Å². The second-order valence-electron chi connectivity index (χ2n) is 5.09. The average molecular weight is 241 g/mol. The van der Waals surface area contributed by atoms with Gasteiger partial charge in [0.15, 0.2) is 5.78 Å². The highest BCUT2D eigenvalue weighted by atomic mass is 16.6. The molecule has 1 N–H and O–H groups in total. The van der Waals surface area contributed by atoms with Crippen LogP contribution in [0.15, 0.2) is 0 Å². The molecule has 0 aromatic rings. The molecule has 4 nitrogen and oxygen atoms in total. The minimum absolute atomic E-state index is 0.0325. The lowest BCUT2D eigenvalue weighted by atomic mass is 9.98. The minimum atomic E-state index is -0.467. The maximum atomic E-state index is 11.6. The van der Waals surface area contributed by atoms with Crippen molar-refractivity contribution in [3.8, 4) is 0 Å². The predicted octanol–water partition coefficient (Wildman–Crippen LogP) is 2.66. The van der Waals surface area contributed by atoms with Gasteiger partial charge >= 0.3 is 6.09 Å². The summed E-state index contributed by atoms with van der Waals surface area (Å²) in [6.45, 7) is 5.35. The lowest BCUT2D eigenvalue weighted by Crippen LogP contribution is -2.42. The van der Waals surface area contributed by atoms with Crippen molar-refractivity contribution in [2.45, 2.75) is 65.0 Å². The van der Waals surface area contributed by atoms with Crippen molar-refractivity contribution < 1.29 is 14.3 Å². The van der Waals surface area contributed by atoms with E-state index in [9.17, 15) is 9.59 Å². The molecule has 1 amide bonds. The molecule has 4 heteroatoms. The van der Waals surface area contributed by atoms with E-state index >= 15 is 0 Å². The lowest BCUT2D eigenvalue weighted by Gasteiger charge is -2.23. The molecule has 0 aromatic heterocycles. The van der Waals surface area contributed by atoms with Crippen LogP contribution in [0.5, 0.6) is 0 Å². The molecule has 98 valence electrons. The Hall–Kier alpha value is -1.06. The maximum absolute atomic E-state index is 11.6. The van der Waals surface area contributed by atoms with Gasteiger partial charge in [-0.1, -0.05) is 20.3 Å². The number of ether oxygens (including phenoxy) is 1. The summed E-state index contributed by atoms with van der Waals surface area (Å²) in [5, 5.41) is 2.60. The molecule has 0 heterocycles. The topological polar surface area (TPSA) is 55.4 Å². The Kier molecular flexibility index (Phi) is 5.45. The molecule has 0 aromatic carbocycles. The summed E-state index contributed by atoms with van der Waals surface area (Å²) in [5.74, 6) is -0.0365. The van der Waals surface area contributed by atoms with Gasteiger partial charge in [0, 0.05) is 5.92 Å². The van der Waals surface area contributed by atoms with Crippen LogP contribution in [0.1, 0.15) is 52.9 Å². The fourth-order valence-corrected chi connectivity index (χ4v) is 2.12. The number of alkyl carbamates (subject to hydrolysis) is 1. The first-order valence-corrected chi connectivity index (χ1v) is 6.51. The van der Waals surface area contributed by atoms with Crippen LogP contribution in [0.4, 0.5) is 4.79 Å². The fourth-order valence-electron chi connectivity index (χ4n) is 2.12. The number of amides is 1. The van der Waals surface area contributed by atoms with Crippen molar-refractivity contribution in [1.82, 2.24) is 5.32 Å².